The number of amides is 1. The molecule has 0 spiro atoms. The molecule has 0 aliphatic heterocycles. The molecule has 4 nitrogen and oxygen atoms in total. The van der Waals surface area contributed by atoms with E-state index >= 15 is 0 Å². The summed E-state index contributed by atoms with van der Waals surface area (Å²) in [4.78, 5) is 12.1. The third-order valence-corrected chi connectivity index (χ3v) is 3.17. The van der Waals surface area contributed by atoms with Crippen LogP contribution in [0, 0.1) is 0 Å². The van der Waals surface area contributed by atoms with Crippen molar-refractivity contribution in [3.63, 3.8) is 0 Å². The summed E-state index contributed by atoms with van der Waals surface area (Å²) in [6.07, 6.45) is 0.842. The molecule has 2 aromatic rings. The van der Waals surface area contributed by atoms with E-state index in [1.165, 1.54) is 0 Å². The highest BCUT2D eigenvalue weighted by Gasteiger charge is 2.09. The van der Waals surface area contributed by atoms with E-state index in [2.05, 4.69) is 5.32 Å². The van der Waals surface area contributed by atoms with Gasteiger partial charge in [0.15, 0.2) is 0 Å². The minimum atomic E-state index is -0.253. The summed E-state index contributed by atoms with van der Waals surface area (Å²) in [5.74, 6) is -0.189. The first-order valence-corrected chi connectivity index (χ1v) is 6.56. The highest BCUT2D eigenvalue weighted by Crippen LogP contribution is 2.25. The Bertz CT molecular complexity index is 606. The van der Waals surface area contributed by atoms with E-state index < -0.39 is 0 Å². The number of phenols is 1. The van der Waals surface area contributed by atoms with Gasteiger partial charge in [0.2, 0.25) is 0 Å². The summed E-state index contributed by atoms with van der Waals surface area (Å²) in [5, 5.41) is 12.5. The Kier molecular flexibility index (Phi) is 4.38. The zero-order chi connectivity index (χ0) is 14.5. The molecule has 0 saturated carbocycles. The minimum absolute atomic E-state index is 0.0640. The molecule has 2 rings (SSSR count). The van der Waals surface area contributed by atoms with E-state index in [1.807, 2.05) is 25.1 Å². The fraction of sp³-hybridized carbons (Fsp3) is 0.188. The number of aromatic hydroxyl groups is 1. The maximum atomic E-state index is 12.1. The SMILES string of the molecule is CCc1ccc(O)c(NC(=O)c2ccc(CN)cc2)c1. The molecule has 0 unspecified atom stereocenters. The molecular weight excluding hydrogens is 252 g/mol. The van der Waals surface area contributed by atoms with Gasteiger partial charge in [-0.2, -0.15) is 0 Å². The van der Waals surface area contributed by atoms with Crippen LogP contribution in [0.5, 0.6) is 5.75 Å². The van der Waals surface area contributed by atoms with Gasteiger partial charge in [-0.1, -0.05) is 25.1 Å². The third kappa shape index (κ3) is 3.16. The first-order chi connectivity index (χ1) is 9.63. The van der Waals surface area contributed by atoms with E-state index in [4.69, 9.17) is 5.73 Å². The standard InChI is InChI=1S/C16H18N2O2/c1-2-11-5-8-15(19)14(9-11)18-16(20)13-6-3-12(10-17)4-7-13/h3-9,19H,2,10,17H2,1H3,(H,18,20). The lowest BCUT2D eigenvalue weighted by Crippen LogP contribution is -2.12. The topological polar surface area (TPSA) is 75.3 Å². The third-order valence-electron chi connectivity index (χ3n) is 3.17. The van der Waals surface area contributed by atoms with Crippen LogP contribution in [-0.4, -0.2) is 11.0 Å². The van der Waals surface area contributed by atoms with Crippen LogP contribution in [0.25, 0.3) is 0 Å². The molecule has 4 heteroatoms. The van der Waals surface area contributed by atoms with Crippen LogP contribution in [0.15, 0.2) is 42.5 Å². The van der Waals surface area contributed by atoms with Gasteiger partial charge in [0, 0.05) is 12.1 Å². The smallest absolute Gasteiger partial charge is 0.255 e. The average molecular weight is 270 g/mol. The van der Waals surface area contributed by atoms with Crippen molar-refractivity contribution in [2.45, 2.75) is 19.9 Å². The largest absolute Gasteiger partial charge is 0.506 e. The summed E-state index contributed by atoms with van der Waals surface area (Å²) in [6, 6.07) is 12.3. The maximum Gasteiger partial charge on any atom is 0.255 e. The lowest BCUT2D eigenvalue weighted by Gasteiger charge is -2.09. The zero-order valence-corrected chi connectivity index (χ0v) is 11.4. The van der Waals surface area contributed by atoms with Crippen LogP contribution in [0.3, 0.4) is 0 Å². The van der Waals surface area contributed by atoms with Crippen molar-refractivity contribution in [1.29, 1.82) is 0 Å². The van der Waals surface area contributed by atoms with Gasteiger partial charge in [0.1, 0.15) is 5.75 Å². The lowest BCUT2D eigenvalue weighted by molar-refractivity contribution is 0.102. The molecule has 0 aliphatic carbocycles. The molecule has 0 heterocycles. The summed E-state index contributed by atoms with van der Waals surface area (Å²) in [7, 11) is 0. The highest BCUT2D eigenvalue weighted by molar-refractivity contribution is 6.05. The number of nitrogens with two attached hydrogens (primary N) is 1. The Balaban J connectivity index is 2.18. The van der Waals surface area contributed by atoms with Gasteiger partial charge in [0.05, 0.1) is 5.69 Å². The quantitative estimate of drug-likeness (QED) is 0.748. The number of nitrogens with one attached hydrogen (secondary N) is 1. The second kappa shape index (κ2) is 6.21. The Morgan fingerprint density at radius 2 is 1.80 bits per heavy atom. The monoisotopic (exact) mass is 270 g/mol. The molecule has 104 valence electrons. The minimum Gasteiger partial charge on any atom is -0.506 e. The number of phenolic OH excluding ortho intramolecular Hbond substituents is 1. The Hall–Kier alpha value is -2.33. The van der Waals surface area contributed by atoms with Crippen molar-refractivity contribution in [3.8, 4) is 5.75 Å². The number of carbonyl (C=O) groups is 1. The Morgan fingerprint density at radius 3 is 2.40 bits per heavy atom. The van der Waals surface area contributed by atoms with Gasteiger partial charge in [-0.3, -0.25) is 4.79 Å². The Morgan fingerprint density at radius 1 is 1.15 bits per heavy atom. The van der Waals surface area contributed by atoms with Gasteiger partial charge in [-0.05, 0) is 41.8 Å². The second-order valence-electron chi connectivity index (χ2n) is 4.56. The van der Waals surface area contributed by atoms with Crippen molar-refractivity contribution in [2.24, 2.45) is 5.73 Å². The Labute approximate surface area is 118 Å². The molecule has 0 aliphatic rings. The van der Waals surface area contributed by atoms with E-state index in [0.29, 0.717) is 17.8 Å². The van der Waals surface area contributed by atoms with E-state index in [-0.39, 0.29) is 11.7 Å². The van der Waals surface area contributed by atoms with Crippen LogP contribution >= 0.6 is 0 Å². The second-order valence-corrected chi connectivity index (χ2v) is 4.56. The van der Waals surface area contributed by atoms with Gasteiger partial charge < -0.3 is 16.2 Å². The number of hydrogen-bond donors (Lipinski definition) is 3. The van der Waals surface area contributed by atoms with Crippen LogP contribution in [0.1, 0.15) is 28.4 Å². The lowest BCUT2D eigenvalue weighted by atomic mass is 10.1. The molecule has 0 saturated heterocycles. The summed E-state index contributed by atoms with van der Waals surface area (Å²) in [5.41, 5.74) is 8.50. The first-order valence-electron chi connectivity index (χ1n) is 6.56. The number of anilines is 1. The predicted molar refractivity (Wildman–Crippen MR) is 79.8 cm³/mol. The molecule has 0 radical (unpaired) electrons. The van der Waals surface area contributed by atoms with Crippen LogP contribution in [0.2, 0.25) is 0 Å². The van der Waals surface area contributed by atoms with E-state index in [1.54, 1.807) is 24.3 Å². The molecule has 0 atom stereocenters. The molecule has 4 N–H and O–H groups in total. The zero-order valence-electron chi connectivity index (χ0n) is 11.4. The molecular formula is C16H18N2O2. The molecule has 0 aromatic heterocycles. The fourth-order valence-corrected chi connectivity index (χ4v) is 1.89. The molecule has 2 aromatic carbocycles. The molecule has 0 fully saturated rings. The maximum absolute atomic E-state index is 12.1. The fourth-order valence-electron chi connectivity index (χ4n) is 1.89. The molecule has 0 bridgehead atoms. The summed E-state index contributed by atoms with van der Waals surface area (Å²) in [6.45, 7) is 2.46. The average Bonchev–Trinajstić information content (AvgIpc) is 2.49. The van der Waals surface area contributed by atoms with Crippen molar-refractivity contribution >= 4 is 11.6 Å². The number of aryl methyl sites for hydroxylation is 1. The van der Waals surface area contributed by atoms with Crippen LogP contribution < -0.4 is 11.1 Å². The molecule has 20 heavy (non-hydrogen) atoms. The number of rotatable bonds is 4. The number of benzene rings is 2. The van der Waals surface area contributed by atoms with Crippen molar-refractivity contribution in [1.82, 2.24) is 0 Å². The van der Waals surface area contributed by atoms with E-state index in [0.717, 1.165) is 17.5 Å². The highest BCUT2D eigenvalue weighted by atomic mass is 16.3. The number of hydrogen-bond acceptors (Lipinski definition) is 3. The van der Waals surface area contributed by atoms with Crippen LogP contribution in [-0.2, 0) is 13.0 Å². The van der Waals surface area contributed by atoms with Crippen LogP contribution in [0.4, 0.5) is 5.69 Å². The van der Waals surface area contributed by atoms with E-state index in [9.17, 15) is 9.90 Å². The number of carbonyl (C=O) groups excluding carboxylic acids is 1. The normalized spacial score (nSPS) is 10.3. The van der Waals surface area contributed by atoms with Gasteiger partial charge >= 0.3 is 0 Å². The van der Waals surface area contributed by atoms with Gasteiger partial charge in [0.25, 0.3) is 5.91 Å². The van der Waals surface area contributed by atoms with Gasteiger partial charge in [-0.15, -0.1) is 0 Å². The summed E-state index contributed by atoms with van der Waals surface area (Å²) >= 11 is 0. The van der Waals surface area contributed by atoms with Crippen molar-refractivity contribution < 1.29 is 9.90 Å². The predicted octanol–water partition coefficient (Wildman–Crippen LogP) is 2.67. The van der Waals surface area contributed by atoms with Crippen molar-refractivity contribution in [2.75, 3.05) is 5.32 Å². The van der Waals surface area contributed by atoms with Gasteiger partial charge in [-0.25, -0.2) is 0 Å². The first kappa shape index (κ1) is 14.1. The van der Waals surface area contributed by atoms with Crippen molar-refractivity contribution in [3.05, 3.63) is 59.2 Å². The molecule has 1 amide bonds. The summed E-state index contributed by atoms with van der Waals surface area (Å²) < 4.78 is 0.